The second-order valence-corrected chi connectivity index (χ2v) is 3.83. The van der Waals surface area contributed by atoms with Gasteiger partial charge in [0.25, 0.3) is 0 Å². The Balaban J connectivity index is 2.51. The Labute approximate surface area is 98.3 Å². The fourth-order valence-corrected chi connectivity index (χ4v) is 1.62. The lowest BCUT2D eigenvalue weighted by Gasteiger charge is -2.05. The molecule has 0 radical (unpaired) electrons. The lowest BCUT2D eigenvalue weighted by atomic mass is 10.0. The fourth-order valence-electron chi connectivity index (χ4n) is 1.62. The van der Waals surface area contributed by atoms with E-state index in [1.807, 2.05) is 0 Å². The number of carbonyl (C=O) groups excluding carboxylic acids is 1. The minimum absolute atomic E-state index is 0.0339. The van der Waals surface area contributed by atoms with E-state index < -0.39 is 11.6 Å². The Kier molecular flexibility index (Phi) is 2.91. The van der Waals surface area contributed by atoms with E-state index in [0.717, 1.165) is 5.56 Å². The van der Waals surface area contributed by atoms with Gasteiger partial charge in [-0.3, -0.25) is 4.79 Å². The molecule has 2 aromatic rings. The number of phenolic OH excluding ortho intramolecular Hbond substituents is 1. The van der Waals surface area contributed by atoms with E-state index in [0.29, 0.717) is 0 Å². The molecule has 0 saturated heterocycles. The van der Waals surface area contributed by atoms with Crippen molar-refractivity contribution < 1.29 is 14.3 Å². The molecule has 0 saturated carbocycles. The molecule has 2 rings (SSSR count). The number of carbonyl (C=O) groups is 1. The van der Waals surface area contributed by atoms with Crippen LogP contribution in [0.2, 0.25) is 0 Å². The van der Waals surface area contributed by atoms with Crippen molar-refractivity contribution in [2.24, 2.45) is 0 Å². The van der Waals surface area contributed by atoms with Gasteiger partial charge in [-0.05, 0) is 31.2 Å². The first-order chi connectivity index (χ1) is 8.09. The van der Waals surface area contributed by atoms with Gasteiger partial charge in [0.15, 0.2) is 5.78 Å². The maximum absolute atomic E-state index is 13.5. The Morgan fingerprint density at radius 2 is 1.82 bits per heavy atom. The predicted molar refractivity (Wildman–Crippen MR) is 62.7 cm³/mol. The largest absolute Gasteiger partial charge is 0.507 e. The average Bonchev–Trinajstić information content (AvgIpc) is 2.32. The molecule has 0 bridgehead atoms. The smallest absolute Gasteiger partial charge is 0.199 e. The zero-order valence-electron chi connectivity index (χ0n) is 9.27. The Bertz CT molecular complexity index is 576. The van der Waals surface area contributed by atoms with Crippen molar-refractivity contribution in [2.75, 3.05) is 0 Å². The molecule has 0 aliphatic rings. The van der Waals surface area contributed by atoms with E-state index in [9.17, 15) is 14.3 Å². The number of halogens is 1. The van der Waals surface area contributed by atoms with Gasteiger partial charge in [-0.15, -0.1) is 0 Å². The highest BCUT2D eigenvalue weighted by atomic mass is 19.1. The number of benzene rings is 2. The van der Waals surface area contributed by atoms with Crippen molar-refractivity contribution in [3.05, 3.63) is 65.0 Å². The van der Waals surface area contributed by atoms with E-state index in [4.69, 9.17) is 0 Å². The van der Waals surface area contributed by atoms with E-state index in [2.05, 4.69) is 0 Å². The van der Waals surface area contributed by atoms with Crippen molar-refractivity contribution >= 4 is 5.78 Å². The van der Waals surface area contributed by atoms with Crippen LogP contribution in [0.15, 0.2) is 42.5 Å². The van der Waals surface area contributed by atoms with Crippen LogP contribution in [0.3, 0.4) is 0 Å². The maximum atomic E-state index is 13.5. The molecule has 1 N–H and O–H groups in total. The van der Waals surface area contributed by atoms with Gasteiger partial charge in [-0.1, -0.05) is 23.8 Å². The lowest BCUT2D eigenvalue weighted by molar-refractivity contribution is 0.103. The van der Waals surface area contributed by atoms with Crippen LogP contribution in [0.4, 0.5) is 4.39 Å². The van der Waals surface area contributed by atoms with Crippen molar-refractivity contribution in [3.63, 3.8) is 0 Å². The minimum Gasteiger partial charge on any atom is -0.507 e. The van der Waals surface area contributed by atoms with Gasteiger partial charge in [0.1, 0.15) is 11.6 Å². The van der Waals surface area contributed by atoms with Crippen molar-refractivity contribution in [3.8, 4) is 5.75 Å². The average molecular weight is 230 g/mol. The van der Waals surface area contributed by atoms with Gasteiger partial charge in [0.2, 0.25) is 0 Å². The van der Waals surface area contributed by atoms with Crippen molar-refractivity contribution in [2.45, 2.75) is 6.92 Å². The van der Waals surface area contributed by atoms with Gasteiger partial charge in [-0.25, -0.2) is 4.39 Å². The first-order valence-electron chi connectivity index (χ1n) is 5.18. The first kappa shape index (κ1) is 11.3. The van der Waals surface area contributed by atoms with Crippen LogP contribution in [-0.2, 0) is 0 Å². The summed E-state index contributed by atoms with van der Waals surface area (Å²) in [5, 5.41) is 9.61. The fraction of sp³-hybridized carbons (Fsp3) is 0.0714. The standard InChI is InChI=1S/C14H11FO2/c1-9-6-7-13(16)11(8-9)14(17)10-4-2-3-5-12(10)15/h2-8,16H,1H3. The topological polar surface area (TPSA) is 37.3 Å². The number of hydrogen-bond acceptors (Lipinski definition) is 2. The lowest BCUT2D eigenvalue weighted by Crippen LogP contribution is -2.04. The summed E-state index contributed by atoms with van der Waals surface area (Å²) in [6.07, 6.45) is 0. The number of aromatic hydroxyl groups is 1. The number of ketones is 1. The molecule has 2 aromatic carbocycles. The Morgan fingerprint density at radius 3 is 2.53 bits per heavy atom. The van der Waals surface area contributed by atoms with Crippen LogP contribution in [0, 0.1) is 12.7 Å². The summed E-state index contributed by atoms with van der Waals surface area (Å²) in [5.74, 6) is -1.23. The Morgan fingerprint density at radius 1 is 1.12 bits per heavy atom. The molecular formula is C14H11FO2. The van der Waals surface area contributed by atoms with E-state index >= 15 is 0 Å². The molecule has 0 heterocycles. The summed E-state index contributed by atoms with van der Waals surface area (Å²) in [6.45, 7) is 1.80. The SMILES string of the molecule is Cc1ccc(O)c(C(=O)c2ccccc2F)c1. The maximum Gasteiger partial charge on any atom is 0.199 e. The molecule has 3 heteroatoms. The molecule has 0 atom stereocenters. The highest BCUT2D eigenvalue weighted by molar-refractivity contribution is 6.10. The third kappa shape index (κ3) is 2.18. The van der Waals surface area contributed by atoms with Crippen molar-refractivity contribution in [1.29, 1.82) is 0 Å². The van der Waals surface area contributed by atoms with Crippen LogP contribution < -0.4 is 0 Å². The summed E-state index contributed by atoms with van der Waals surface area (Å²) in [6, 6.07) is 10.4. The first-order valence-corrected chi connectivity index (χ1v) is 5.18. The van der Waals surface area contributed by atoms with Gasteiger partial charge >= 0.3 is 0 Å². The van der Waals surface area contributed by atoms with Crippen LogP contribution in [0.1, 0.15) is 21.5 Å². The summed E-state index contributed by atoms with van der Waals surface area (Å²) in [7, 11) is 0. The van der Waals surface area contributed by atoms with E-state index in [1.54, 1.807) is 25.1 Å². The highest BCUT2D eigenvalue weighted by Gasteiger charge is 2.16. The second-order valence-electron chi connectivity index (χ2n) is 3.83. The molecule has 0 aliphatic heterocycles. The summed E-state index contributed by atoms with van der Waals surface area (Å²) in [4.78, 5) is 12.0. The molecule has 0 fully saturated rings. The van der Waals surface area contributed by atoms with Crippen molar-refractivity contribution in [1.82, 2.24) is 0 Å². The van der Waals surface area contributed by atoms with Crippen LogP contribution in [0.25, 0.3) is 0 Å². The molecule has 0 aromatic heterocycles. The number of phenols is 1. The molecule has 86 valence electrons. The molecule has 17 heavy (non-hydrogen) atoms. The molecule has 0 aliphatic carbocycles. The molecular weight excluding hydrogens is 219 g/mol. The summed E-state index contributed by atoms with van der Waals surface area (Å²) >= 11 is 0. The number of aryl methyl sites for hydroxylation is 1. The molecule has 2 nitrogen and oxygen atoms in total. The zero-order valence-corrected chi connectivity index (χ0v) is 9.27. The van der Waals surface area contributed by atoms with E-state index in [1.165, 1.54) is 24.3 Å². The molecule has 0 spiro atoms. The van der Waals surface area contributed by atoms with E-state index in [-0.39, 0.29) is 16.9 Å². The summed E-state index contributed by atoms with van der Waals surface area (Å²) in [5.41, 5.74) is 0.922. The van der Waals surface area contributed by atoms with Gasteiger partial charge in [-0.2, -0.15) is 0 Å². The number of hydrogen-bond donors (Lipinski definition) is 1. The minimum atomic E-state index is -0.585. The normalized spacial score (nSPS) is 10.2. The molecule has 0 unspecified atom stereocenters. The Hall–Kier alpha value is -2.16. The third-order valence-corrected chi connectivity index (χ3v) is 2.52. The quantitative estimate of drug-likeness (QED) is 0.805. The van der Waals surface area contributed by atoms with Crippen LogP contribution >= 0.6 is 0 Å². The van der Waals surface area contributed by atoms with Gasteiger partial charge < -0.3 is 5.11 Å². The zero-order chi connectivity index (χ0) is 12.4. The van der Waals surface area contributed by atoms with Gasteiger partial charge in [0.05, 0.1) is 11.1 Å². The molecule has 0 amide bonds. The van der Waals surface area contributed by atoms with Crippen LogP contribution in [0.5, 0.6) is 5.75 Å². The highest BCUT2D eigenvalue weighted by Crippen LogP contribution is 2.22. The number of rotatable bonds is 2. The predicted octanol–water partition coefficient (Wildman–Crippen LogP) is 3.07. The van der Waals surface area contributed by atoms with Crippen LogP contribution in [-0.4, -0.2) is 10.9 Å². The second kappa shape index (κ2) is 4.37. The van der Waals surface area contributed by atoms with Gasteiger partial charge in [0, 0.05) is 0 Å². The third-order valence-electron chi connectivity index (χ3n) is 2.52. The summed E-state index contributed by atoms with van der Waals surface area (Å²) < 4.78 is 13.5. The monoisotopic (exact) mass is 230 g/mol.